The quantitative estimate of drug-likeness (QED) is 0.203. The van der Waals surface area contributed by atoms with Gasteiger partial charge in [0, 0.05) is 52.0 Å². The normalized spacial score (nSPS) is 12.2. The highest BCUT2D eigenvalue weighted by molar-refractivity contribution is 7.26. The van der Waals surface area contributed by atoms with Crippen LogP contribution < -0.4 is 0 Å². The zero-order chi connectivity index (χ0) is 28.1. The van der Waals surface area contributed by atoms with Crippen molar-refractivity contribution in [2.45, 2.75) is 0 Å². The summed E-state index contributed by atoms with van der Waals surface area (Å²) in [6.07, 6.45) is 0. The predicted molar refractivity (Wildman–Crippen MR) is 185 cm³/mol. The van der Waals surface area contributed by atoms with Gasteiger partial charge in [-0.3, -0.25) is 4.57 Å². The molecule has 5 heteroatoms. The van der Waals surface area contributed by atoms with Gasteiger partial charge in [0.25, 0.3) is 0 Å². The molecule has 0 aliphatic carbocycles. The maximum absolute atomic E-state index is 5.48. The molecular weight excluding hydrogens is 563 g/mol. The molecule has 0 N–H and O–H groups in total. The van der Waals surface area contributed by atoms with Crippen molar-refractivity contribution in [3.63, 3.8) is 0 Å². The number of hydrogen-bond donors (Lipinski definition) is 0. The molecule has 4 aromatic heterocycles. The Balaban J connectivity index is 1.39. The van der Waals surface area contributed by atoms with Crippen molar-refractivity contribution >= 4 is 95.7 Å². The van der Waals surface area contributed by atoms with Gasteiger partial charge in [0.05, 0.1) is 16.7 Å². The second-order valence-corrected chi connectivity index (χ2v) is 13.1. The third kappa shape index (κ3) is 3.29. The van der Waals surface area contributed by atoms with Crippen LogP contribution in [0.2, 0.25) is 0 Å². The van der Waals surface area contributed by atoms with Gasteiger partial charge in [-0.25, -0.2) is 9.97 Å². The summed E-state index contributed by atoms with van der Waals surface area (Å²) in [5.74, 6) is 0.705. The summed E-state index contributed by atoms with van der Waals surface area (Å²) >= 11 is 3.59. The molecule has 4 heterocycles. The van der Waals surface area contributed by atoms with Crippen LogP contribution in [0, 0.1) is 0 Å². The maximum atomic E-state index is 5.48. The highest BCUT2D eigenvalue weighted by Crippen LogP contribution is 2.44. The molecule has 10 rings (SSSR count). The largest absolute Gasteiger partial charge is 0.277 e. The number of fused-ring (bicyclic) bond motifs is 11. The third-order valence-corrected chi connectivity index (χ3v) is 10.8. The number of rotatable bonds is 2. The number of thiophene rings is 2. The van der Waals surface area contributed by atoms with Crippen molar-refractivity contribution in [1.82, 2.24) is 14.5 Å². The van der Waals surface area contributed by atoms with E-state index in [1.807, 2.05) is 11.3 Å². The van der Waals surface area contributed by atoms with Crippen LogP contribution in [-0.2, 0) is 0 Å². The molecule has 0 fully saturated rings. The van der Waals surface area contributed by atoms with E-state index in [0.717, 1.165) is 27.0 Å². The molecule has 6 aromatic carbocycles. The lowest BCUT2D eigenvalue weighted by Crippen LogP contribution is -2.03. The Kier molecular flexibility index (Phi) is 4.75. The molecule has 10 aromatic rings. The zero-order valence-electron chi connectivity index (χ0n) is 22.8. The van der Waals surface area contributed by atoms with E-state index in [2.05, 4.69) is 132 Å². The van der Waals surface area contributed by atoms with Gasteiger partial charge in [0.15, 0.2) is 0 Å². The fourth-order valence-corrected chi connectivity index (χ4v) is 8.91. The minimum absolute atomic E-state index is 0.705. The summed E-state index contributed by atoms with van der Waals surface area (Å²) in [7, 11) is 0. The van der Waals surface area contributed by atoms with Crippen LogP contribution in [0.5, 0.6) is 0 Å². The van der Waals surface area contributed by atoms with Crippen molar-refractivity contribution in [1.29, 1.82) is 0 Å². The van der Waals surface area contributed by atoms with E-state index in [4.69, 9.17) is 9.97 Å². The molecular formula is C38H21N3S2. The van der Waals surface area contributed by atoms with Crippen LogP contribution in [0.1, 0.15) is 0 Å². The third-order valence-electron chi connectivity index (χ3n) is 8.62. The molecule has 0 aliphatic heterocycles. The maximum Gasteiger partial charge on any atom is 0.236 e. The smallest absolute Gasteiger partial charge is 0.236 e. The average molecular weight is 584 g/mol. The number of benzene rings is 6. The van der Waals surface area contributed by atoms with Crippen LogP contribution in [0.15, 0.2) is 127 Å². The molecule has 0 spiro atoms. The van der Waals surface area contributed by atoms with Crippen molar-refractivity contribution in [3.8, 4) is 17.2 Å². The van der Waals surface area contributed by atoms with Gasteiger partial charge in [-0.05, 0) is 41.1 Å². The first-order valence-corrected chi connectivity index (χ1v) is 16.0. The van der Waals surface area contributed by atoms with Crippen molar-refractivity contribution in [2.75, 3.05) is 0 Å². The molecule has 0 aliphatic rings. The lowest BCUT2D eigenvalue weighted by molar-refractivity contribution is 1.02. The zero-order valence-corrected chi connectivity index (χ0v) is 24.4. The molecule has 3 nitrogen and oxygen atoms in total. The summed E-state index contributed by atoms with van der Waals surface area (Å²) in [5.41, 5.74) is 4.35. The van der Waals surface area contributed by atoms with Crippen LogP contribution >= 0.6 is 22.7 Å². The summed E-state index contributed by atoms with van der Waals surface area (Å²) < 4.78 is 6.09. The fourth-order valence-electron chi connectivity index (χ4n) is 6.73. The summed E-state index contributed by atoms with van der Waals surface area (Å²) in [5, 5.41) is 9.71. The van der Waals surface area contributed by atoms with E-state index in [0.29, 0.717) is 5.95 Å². The van der Waals surface area contributed by atoms with Crippen LogP contribution in [-0.4, -0.2) is 14.5 Å². The Bertz CT molecular complexity index is 2750. The number of hydrogen-bond acceptors (Lipinski definition) is 4. The Morgan fingerprint density at radius 3 is 2.05 bits per heavy atom. The summed E-state index contributed by atoms with van der Waals surface area (Å²) in [4.78, 5) is 11.8. The van der Waals surface area contributed by atoms with E-state index in [1.165, 1.54) is 57.3 Å². The van der Waals surface area contributed by atoms with Gasteiger partial charge < -0.3 is 0 Å². The van der Waals surface area contributed by atoms with E-state index in [-0.39, 0.29) is 0 Å². The Hall–Kier alpha value is -5.10. The minimum Gasteiger partial charge on any atom is -0.277 e. The lowest BCUT2D eigenvalue weighted by atomic mass is 10.0. The SMILES string of the molecule is c1ccc2cc(-c3nc(-n4c5ccccc5c5ccc6sc7ccccc7c6c54)nc4sc5ccccc5c34)ccc2c1. The second-order valence-electron chi connectivity index (χ2n) is 11.0. The van der Waals surface area contributed by atoms with Crippen LogP contribution in [0.3, 0.4) is 0 Å². The predicted octanol–water partition coefficient (Wildman–Crippen LogP) is 11.1. The molecule has 0 atom stereocenters. The molecule has 0 saturated heterocycles. The molecule has 0 unspecified atom stereocenters. The van der Waals surface area contributed by atoms with Gasteiger partial charge in [-0.15, -0.1) is 22.7 Å². The van der Waals surface area contributed by atoms with Crippen molar-refractivity contribution in [3.05, 3.63) is 127 Å². The molecule has 0 amide bonds. The Morgan fingerprint density at radius 1 is 0.488 bits per heavy atom. The monoisotopic (exact) mass is 583 g/mol. The highest BCUT2D eigenvalue weighted by atomic mass is 32.1. The molecule has 200 valence electrons. The minimum atomic E-state index is 0.705. The molecule has 43 heavy (non-hydrogen) atoms. The van der Waals surface area contributed by atoms with Gasteiger partial charge in [0.1, 0.15) is 4.83 Å². The van der Waals surface area contributed by atoms with E-state index >= 15 is 0 Å². The van der Waals surface area contributed by atoms with Gasteiger partial charge in [-0.1, -0.05) is 97.1 Å². The molecule has 0 bridgehead atoms. The summed E-state index contributed by atoms with van der Waals surface area (Å²) in [6, 6.07) is 45.7. The van der Waals surface area contributed by atoms with Crippen molar-refractivity contribution in [2.24, 2.45) is 0 Å². The van der Waals surface area contributed by atoms with E-state index in [9.17, 15) is 0 Å². The van der Waals surface area contributed by atoms with Gasteiger partial charge >= 0.3 is 0 Å². The van der Waals surface area contributed by atoms with Crippen LogP contribution in [0.25, 0.3) is 90.3 Å². The van der Waals surface area contributed by atoms with Gasteiger partial charge in [0.2, 0.25) is 5.95 Å². The first-order chi connectivity index (χ1) is 21.3. The second kappa shape index (κ2) is 8.71. The average Bonchev–Trinajstić information content (AvgIpc) is 3.73. The highest BCUT2D eigenvalue weighted by Gasteiger charge is 2.22. The molecule has 0 saturated carbocycles. The summed E-state index contributed by atoms with van der Waals surface area (Å²) in [6.45, 7) is 0. The molecule has 0 radical (unpaired) electrons. The Morgan fingerprint density at radius 2 is 1.19 bits per heavy atom. The lowest BCUT2D eigenvalue weighted by Gasteiger charge is -2.11. The van der Waals surface area contributed by atoms with Gasteiger partial charge in [-0.2, -0.15) is 0 Å². The first-order valence-electron chi connectivity index (χ1n) is 14.3. The van der Waals surface area contributed by atoms with Crippen molar-refractivity contribution < 1.29 is 0 Å². The number of nitrogens with zero attached hydrogens (tertiary/aromatic N) is 3. The Labute approximate surface area is 253 Å². The number of para-hydroxylation sites is 1. The van der Waals surface area contributed by atoms with Crippen LogP contribution in [0.4, 0.5) is 0 Å². The number of aromatic nitrogens is 3. The topological polar surface area (TPSA) is 30.7 Å². The fraction of sp³-hybridized carbons (Fsp3) is 0. The standard InChI is InChI=1S/C38H21N3S2/c1-2-10-23-21-24(18-17-22(23)9-1)35-34-28-13-5-8-16-31(28)43-37(34)40-38(39-35)41-29-14-6-3-11-25(29)26-19-20-32-33(36(26)41)27-12-4-7-15-30(27)42-32/h1-21H. The first kappa shape index (κ1) is 23.5. The van der Waals surface area contributed by atoms with E-state index < -0.39 is 0 Å². The van der Waals surface area contributed by atoms with E-state index in [1.54, 1.807) is 11.3 Å².